The first-order valence-corrected chi connectivity index (χ1v) is 11.3. The van der Waals surface area contributed by atoms with Crippen molar-refractivity contribution in [2.24, 2.45) is 0 Å². The van der Waals surface area contributed by atoms with Crippen LogP contribution < -0.4 is 10.2 Å². The van der Waals surface area contributed by atoms with E-state index in [2.05, 4.69) is 20.4 Å². The molecule has 0 radical (unpaired) electrons. The predicted molar refractivity (Wildman–Crippen MR) is 130 cm³/mol. The summed E-state index contributed by atoms with van der Waals surface area (Å²) >= 11 is 6.05. The molecule has 0 bridgehead atoms. The molecule has 2 amide bonds. The number of rotatable bonds is 3. The lowest BCUT2D eigenvalue weighted by Gasteiger charge is -2.35. The van der Waals surface area contributed by atoms with Gasteiger partial charge in [0.1, 0.15) is 11.3 Å². The standard InChI is InChI=1S/C24H23ClFN7O/c1-15-21-16(2)33(20-9-3-17(25)4-10-20)30-22(21)23(29-28-15)31-11-13-32(14-12-31)24(34)27-19-7-5-18(26)6-8-19/h3-10H,11-14H2,1-2H3,(H,27,34). The monoisotopic (exact) mass is 479 g/mol. The van der Waals surface area contributed by atoms with Gasteiger partial charge in [0, 0.05) is 36.9 Å². The van der Waals surface area contributed by atoms with E-state index in [9.17, 15) is 9.18 Å². The summed E-state index contributed by atoms with van der Waals surface area (Å²) in [7, 11) is 0. The summed E-state index contributed by atoms with van der Waals surface area (Å²) in [6.07, 6.45) is 0. The summed E-state index contributed by atoms with van der Waals surface area (Å²) < 4.78 is 15.0. The molecular formula is C24H23ClFN7O. The summed E-state index contributed by atoms with van der Waals surface area (Å²) in [5, 5.41) is 18.2. The van der Waals surface area contributed by atoms with Gasteiger partial charge in [-0.15, -0.1) is 5.10 Å². The molecule has 10 heteroatoms. The third kappa shape index (κ3) is 4.14. The van der Waals surface area contributed by atoms with E-state index in [0.717, 1.165) is 28.0 Å². The Hall–Kier alpha value is -3.72. The van der Waals surface area contributed by atoms with Gasteiger partial charge in [-0.2, -0.15) is 10.2 Å². The van der Waals surface area contributed by atoms with Crippen molar-refractivity contribution in [2.45, 2.75) is 13.8 Å². The molecule has 5 rings (SSSR count). The average Bonchev–Trinajstić information content (AvgIpc) is 3.19. The van der Waals surface area contributed by atoms with Gasteiger partial charge in [-0.05, 0) is 62.4 Å². The Kier molecular flexibility index (Phi) is 5.79. The van der Waals surface area contributed by atoms with E-state index in [4.69, 9.17) is 16.7 Å². The lowest BCUT2D eigenvalue weighted by atomic mass is 10.2. The fraction of sp³-hybridized carbons (Fsp3) is 0.250. The molecule has 1 fully saturated rings. The second-order valence-electron chi connectivity index (χ2n) is 8.22. The number of aromatic nitrogens is 4. The van der Waals surface area contributed by atoms with Crippen LogP contribution in [0.2, 0.25) is 5.02 Å². The number of benzene rings is 2. The lowest BCUT2D eigenvalue weighted by Crippen LogP contribution is -2.50. The summed E-state index contributed by atoms with van der Waals surface area (Å²) in [5.74, 6) is 0.362. The molecule has 174 valence electrons. The molecule has 3 heterocycles. The summed E-state index contributed by atoms with van der Waals surface area (Å²) in [6, 6.07) is 13.0. The first-order chi connectivity index (χ1) is 16.4. The van der Waals surface area contributed by atoms with Crippen LogP contribution in [0.5, 0.6) is 0 Å². The number of fused-ring (bicyclic) bond motifs is 1. The number of nitrogens with one attached hydrogen (secondary N) is 1. The Morgan fingerprint density at radius 3 is 2.32 bits per heavy atom. The van der Waals surface area contributed by atoms with E-state index in [1.54, 1.807) is 17.0 Å². The molecule has 8 nitrogen and oxygen atoms in total. The molecule has 0 atom stereocenters. The number of carbonyl (C=O) groups is 1. The Morgan fingerprint density at radius 2 is 1.65 bits per heavy atom. The Bertz CT molecular complexity index is 1350. The van der Waals surface area contributed by atoms with Crippen LogP contribution in [0.25, 0.3) is 16.6 Å². The number of aryl methyl sites for hydroxylation is 2. The van der Waals surface area contributed by atoms with E-state index in [1.807, 2.05) is 42.8 Å². The van der Waals surface area contributed by atoms with Gasteiger partial charge in [0.2, 0.25) is 0 Å². The maximum absolute atomic E-state index is 13.1. The van der Waals surface area contributed by atoms with Crippen LogP contribution in [0.4, 0.5) is 20.7 Å². The van der Waals surface area contributed by atoms with E-state index >= 15 is 0 Å². The molecule has 1 N–H and O–H groups in total. The van der Waals surface area contributed by atoms with Gasteiger partial charge in [-0.3, -0.25) is 0 Å². The first-order valence-electron chi connectivity index (χ1n) is 11.0. The summed E-state index contributed by atoms with van der Waals surface area (Å²) in [6.45, 7) is 6.16. The number of piperazine rings is 1. The second kappa shape index (κ2) is 8.90. The second-order valence-corrected chi connectivity index (χ2v) is 8.65. The van der Waals surface area contributed by atoms with Crippen molar-refractivity contribution in [1.29, 1.82) is 0 Å². The number of hydrogen-bond donors (Lipinski definition) is 1. The highest BCUT2D eigenvalue weighted by Crippen LogP contribution is 2.30. The Labute approximate surface area is 200 Å². The Morgan fingerprint density at radius 1 is 0.971 bits per heavy atom. The van der Waals surface area contributed by atoms with Crippen molar-refractivity contribution in [3.8, 4) is 5.69 Å². The molecule has 34 heavy (non-hydrogen) atoms. The van der Waals surface area contributed by atoms with Crippen molar-refractivity contribution >= 4 is 40.0 Å². The molecule has 2 aromatic carbocycles. The normalized spacial score (nSPS) is 14.0. The summed E-state index contributed by atoms with van der Waals surface area (Å²) in [4.78, 5) is 16.5. The van der Waals surface area contributed by atoms with Crippen LogP contribution in [-0.2, 0) is 0 Å². The number of halogens is 2. The number of hydrogen-bond acceptors (Lipinski definition) is 5. The number of anilines is 2. The minimum atomic E-state index is -0.342. The third-order valence-electron chi connectivity index (χ3n) is 6.02. The van der Waals surface area contributed by atoms with E-state index in [1.165, 1.54) is 12.1 Å². The zero-order valence-corrected chi connectivity index (χ0v) is 19.6. The van der Waals surface area contributed by atoms with Crippen molar-refractivity contribution < 1.29 is 9.18 Å². The molecule has 0 spiro atoms. The molecule has 4 aromatic rings. The molecule has 0 unspecified atom stereocenters. The molecule has 1 aliphatic heterocycles. The minimum Gasteiger partial charge on any atom is -0.350 e. The van der Waals surface area contributed by atoms with Gasteiger partial charge >= 0.3 is 6.03 Å². The van der Waals surface area contributed by atoms with Gasteiger partial charge in [0.05, 0.1) is 22.5 Å². The fourth-order valence-electron chi connectivity index (χ4n) is 4.22. The van der Waals surface area contributed by atoms with Gasteiger partial charge in [0.15, 0.2) is 5.82 Å². The van der Waals surface area contributed by atoms with Crippen molar-refractivity contribution in [2.75, 3.05) is 36.4 Å². The third-order valence-corrected chi connectivity index (χ3v) is 6.27. The maximum Gasteiger partial charge on any atom is 0.321 e. The van der Waals surface area contributed by atoms with E-state index in [-0.39, 0.29) is 11.8 Å². The molecule has 1 aliphatic rings. The van der Waals surface area contributed by atoms with Gasteiger partial charge in [-0.25, -0.2) is 13.9 Å². The van der Waals surface area contributed by atoms with Crippen LogP contribution in [0, 0.1) is 19.7 Å². The zero-order chi connectivity index (χ0) is 23.8. The topological polar surface area (TPSA) is 79.2 Å². The molecule has 2 aromatic heterocycles. The molecule has 0 saturated carbocycles. The zero-order valence-electron chi connectivity index (χ0n) is 18.8. The van der Waals surface area contributed by atoms with Gasteiger partial charge in [0.25, 0.3) is 0 Å². The number of nitrogens with zero attached hydrogens (tertiary/aromatic N) is 6. The molecule has 1 saturated heterocycles. The largest absolute Gasteiger partial charge is 0.350 e. The van der Waals surface area contributed by atoms with Gasteiger partial charge in [-0.1, -0.05) is 11.6 Å². The van der Waals surface area contributed by atoms with Crippen LogP contribution in [0.3, 0.4) is 0 Å². The van der Waals surface area contributed by atoms with Crippen molar-refractivity contribution in [3.63, 3.8) is 0 Å². The highest BCUT2D eigenvalue weighted by Gasteiger charge is 2.26. The Balaban J connectivity index is 1.36. The fourth-order valence-corrected chi connectivity index (χ4v) is 4.34. The summed E-state index contributed by atoms with van der Waals surface area (Å²) in [5.41, 5.74) is 4.04. The highest BCUT2D eigenvalue weighted by atomic mass is 35.5. The highest BCUT2D eigenvalue weighted by molar-refractivity contribution is 6.30. The lowest BCUT2D eigenvalue weighted by molar-refractivity contribution is 0.208. The first kappa shape index (κ1) is 22.1. The molecule has 0 aliphatic carbocycles. The number of amides is 2. The number of urea groups is 1. The van der Waals surface area contributed by atoms with E-state index < -0.39 is 0 Å². The van der Waals surface area contributed by atoms with Crippen LogP contribution in [-0.4, -0.2) is 57.1 Å². The minimum absolute atomic E-state index is 0.214. The quantitative estimate of drug-likeness (QED) is 0.465. The predicted octanol–water partition coefficient (Wildman–Crippen LogP) is 4.58. The van der Waals surface area contributed by atoms with Gasteiger partial charge < -0.3 is 15.1 Å². The van der Waals surface area contributed by atoms with Crippen LogP contribution in [0.15, 0.2) is 48.5 Å². The smallest absolute Gasteiger partial charge is 0.321 e. The maximum atomic E-state index is 13.1. The SMILES string of the molecule is Cc1nnc(N2CCN(C(=O)Nc3ccc(F)cc3)CC2)c2nn(-c3ccc(Cl)cc3)c(C)c12. The van der Waals surface area contributed by atoms with Crippen LogP contribution in [0.1, 0.15) is 11.4 Å². The van der Waals surface area contributed by atoms with Crippen molar-refractivity contribution in [1.82, 2.24) is 24.9 Å². The molecular weight excluding hydrogens is 457 g/mol. The van der Waals surface area contributed by atoms with Crippen molar-refractivity contribution in [3.05, 3.63) is 70.8 Å². The van der Waals surface area contributed by atoms with E-state index in [0.29, 0.717) is 42.7 Å². The van der Waals surface area contributed by atoms with Crippen LogP contribution >= 0.6 is 11.6 Å². The average molecular weight is 480 g/mol. The number of carbonyl (C=O) groups excluding carboxylic acids is 1.